The molecule has 0 spiro atoms. The summed E-state index contributed by atoms with van der Waals surface area (Å²) in [6, 6.07) is 0. The molecule has 0 bridgehead atoms. The summed E-state index contributed by atoms with van der Waals surface area (Å²) in [6.07, 6.45) is 1.02. The van der Waals surface area contributed by atoms with Gasteiger partial charge in [0, 0.05) is 30.0 Å². The van der Waals surface area contributed by atoms with E-state index in [9.17, 15) is 0 Å². The number of hydrogen-bond acceptors (Lipinski definition) is 5. The molecule has 1 aliphatic heterocycles. The van der Waals surface area contributed by atoms with Crippen LogP contribution in [0.1, 0.15) is 46.9 Å². The number of ether oxygens (including phenoxy) is 1. The average molecular weight is 269 g/mol. The molecular weight excluding hydrogens is 246 g/mol. The molecule has 1 aromatic heterocycles. The Morgan fingerprint density at radius 1 is 1.44 bits per heavy atom. The van der Waals surface area contributed by atoms with Crippen molar-refractivity contribution in [3.8, 4) is 0 Å². The highest BCUT2D eigenvalue weighted by atomic mass is 32.1. The minimum absolute atomic E-state index is 0.0229. The van der Waals surface area contributed by atoms with Crippen molar-refractivity contribution in [1.29, 1.82) is 0 Å². The summed E-state index contributed by atoms with van der Waals surface area (Å²) in [5.41, 5.74) is -0.0269. The number of aromatic nitrogens is 2. The summed E-state index contributed by atoms with van der Waals surface area (Å²) < 4.78 is 10.3. The van der Waals surface area contributed by atoms with Crippen molar-refractivity contribution in [3.63, 3.8) is 0 Å². The van der Waals surface area contributed by atoms with Crippen LogP contribution in [-0.2, 0) is 10.2 Å². The molecule has 18 heavy (non-hydrogen) atoms. The highest BCUT2D eigenvalue weighted by Gasteiger charge is 2.32. The third-order valence-corrected chi connectivity index (χ3v) is 4.22. The van der Waals surface area contributed by atoms with E-state index in [-0.39, 0.29) is 11.0 Å². The summed E-state index contributed by atoms with van der Waals surface area (Å²) in [5.74, 6) is 0.937. The lowest BCUT2D eigenvalue weighted by atomic mass is 9.96. The Kier molecular flexibility index (Phi) is 3.65. The first-order chi connectivity index (χ1) is 8.34. The van der Waals surface area contributed by atoms with Gasteiger partial charge in [0.2, 0.25) is 5.13 Å². The van der Waals surface area contributed by atoms with Gasteiger partial charge in [-0.15, -0.1) is 0 Å². The topological polar surface area (TPSA) is 38.2 Å². The molecule has 1 atom stereocenters. The smallest absolute Gasteiger partial charge is 0.205 e. The van der Waals surface area contributed by atoms with E-state index in [0.29, 0.717) is 0 Å². The summed E-state index contributed by atoms with van der Waals surface area (Å²) in [7, 11) is 0. The Labute approximate surface area is 114 Å². The van der Waals surface area contributed by atoms with E-state index in [1.807, 2.05) is 0 Å². The highest BCUT2D eigenvalue weighted by molar-refractivity contribution is 7.09. The van der Waals surface area contributed by atoms with Crippen LogP contribution in [0.15, 0.2) is 0 Å². The Balaban J connectivity index is 2.14. The first-order valence-electron chi connectivity index (χ1n) is 6.57. The van der Waals surface area contributed by atoms with Crippen molar-refractivity contribution in [3.05, 3.63) is 5.82 Å². The van der Waals surface area contributed by atoms with Gasteiger partial charge >= 0.3 is 0 Å². The zero-order chi connectivity index (χ0) is 13.4. The van der Waals surface area contributed by atoms with Crippen molar-refractivity contribution in [2.75, 3.05) is 24.6 Å². The predicted octanol–water partition coefficient (Wildman–Crippen LogP) is 2.84. The number of nitrogens with zero attached hydrogens (tertiary/aromatic N) is 3. The number of morpholine rings is 1. The SMILES string of the molecule is CCC1(C)CN(c2nc(C(C)(C)C)ns2)CCO1. The molecule has 1 fully saturated rings. The van der Waals surface area contributed by atoms with Crippen LogP contribution in [0, 0.1) is 0 Å². The van der Waals surface area contributed by atoms with Crippen molar-refractivity contribution >= 4 is 16.7 Å². The lowest BCUT2D eigenvalue weighted by Gasteiger charge is -2.39. The van der Waals surface area contributed by atoms with Crippen LogP contribution in [0.4, 0.5) is 5.13 Å². The standard InChI is InChI=1S/C13H23N3OS/c1-6-13(5)9-16(7-8-17-13)11-14-10(15-18-11)12(2,3)4/h6-9H2,1-5H3. The molecule has 0 radical (unpaired) electrons. The minimum atomic E-state index is -0.0498. The second kappa shape index (κ2) is 4.78. The molecule has 0 saturated carbocycles. The van der Waals surface area contributed by atoms with Crippen LogP contribution >= 0.6 is 11.5 Å². The van der Waals surface area contributed by atoms with Gasteiger partial charge in [0.05, 0.1) is 12.2 Å². The maximum absolute atomic E-state index is 5.86. The fourth-order valence-corrected chi connectivity index (χ4v) is 2.84. The van der Waals surface area contributed by atoms with Gasteiger partial charge in [-0.25, -0.2) is 4.98 Å². The molecule has 1 saturated heterocycles. The van der Waals surface area contributed by atoms with Crippen LogP contribution in [0.25, 0.3) is 0 Å². The normalized spacial score (nSPS) is 25.5. The van der Waals surface area contributed by atoms with E-state index < -0.39 is 0 Å². The van der Waals surface area contributed by atoms with Gasteiger partial charge in [0.25, 0.3) is 0 Å². The zero-order valence-corrected chi connectivity index (χ0v) is 12.8. The van der Waals surface area contributed by atoms with E-state index in [1.165, 1.54) is 11.5 Å². The number of hydrogen-bond donors (Lipinski definition) is 0. The zero-order valence-electron chi connectivity index (χ0n) is 12.0. The third-order valence-electron chi connectivity index (χ3n) is 3.44. The van der Waals surface area contributed by atoms with Crippen LogP contribution in [0.5, 0.6) is 0 Å². The molecule has 0 N–H and O–H groups in total. The van der Waals surface area contributed by atoms with Gasteiger partial charge in [0.15, 0.2) is 0 Å². The van der Waals surface area contributed by atoms with Crippen molar-refractivity contribution in [2.24, 2.45) is 0 Å². The lowest BCUT2D eigenvalue weighted by Crippen LogP contribution is -2.49. The maximum Gasteiger partial charge on any atom is 0.205 e. The fourth-order valence-electron chi connectivity index (χ4n) is 1.96. The Morgan fingerprint density at radius 2 is 2.17 bits per heavy atom. The average Bonchev–Trinajstić information content (AvgIpc) is 2.78. The quantitative estimate of drug-likeness (QED) is 0.827. The van der Waals surface area contributed by atoms with Gasteiger partial charge < -0.3 is 9.64 Å². The van der Waals surface area contributed by atoms with Crippen LogP contribution < -0.4 is 4.90 Å². The second-order valence-corrected chi connectivity index (χ2v) is 6.95. The van der Waals surface area contributed by atoms with Gasteiger partial charge in [-0.1, -0.05) is 27.7 Å². The molecule has 0 aromatic carbocycles. The van der Waals surface area contributed by atoms with E-state index in [2.05, 4.69) is 48.9 Å². The van der Waals surface area contributed by atoms with E-state index in [0.717, 1.165) is 37.1 Å². The maximum atomic E-state index is 5.86. The highest BCUT2D eigenvalue weighted by Crippen LogP contribution is 2.29. The monoisotopic (exact) mass is 269 g/mol. The molecular formula is C13H23N3OS. The summed E-state index contributed by atoms with van der Waals surface area (Å²) in [6.45, 7) is 13.4. The summed E-state index contributed by atoms with van der Waals surface area (Å²) in [4.78, 5) is 6.99. The Morgan fingerprint density at radius 3 is 2.72 bits per heavy atom. The molecule has 102 valence electrons. The van der Waals surface area contributed by atoms with Crippen molar-refractivity contribution < 1.29 is 4.74 Å². The molecule has 0 aliphatic carbocycles. The largest absolute Gasteiger partial charge is 0.372 e. The second-order valence-electron chi connectivity index (χ2n) is 6.22. The van der Waals surface area contributed by atoms with Gasteiger partial charge in [0.1, 0.15) is 5.82 Å². The minimum Gasteiger partial charge on any atom is -0.372 e. The first kappa shape index (κ1) is 13.7. The molecule has 4 nitrogen and oxygen atoms in total. The lowest BCUT2D eigenvalue weighted by molar-refractivity contribution is -0.0441. The van der Waals surface area contributed by atoms with E-state index >= 15 is 0 Å². The van der Waals surface area contributed by atoms with Crippen LogP contribution in [0.3, 0.4) is 0 Å². The molecule has 2 rings (SSSR count). The van der Waals surface area contributed by atoms with E-state index in [4.69, 9.17) is 4.74 Å². The Hall–Kier alpha value is -0.680. The molecule has 0 amide bonds. The third kappa shape index (κ3) is 2.83. The van der Waals surface area contributed by atoms with Gasteiger partial charge in [-0.2, -0.15) is 4.37 Å². The van der Waals surface area contributed by atoms with Gasteiger partial charge in [-0.3, -0.25) is 0 Å². The first-order valence-corrected chi connectivity index (χ1v) is 7.34. The van der Waals surface area contributed by atoms with Crippen molar-refractivity contribution in [1.82, 2.24) is 9.36 Å². The van der Waals surface area contributed by atoms with E-state index in [1.54, 1.807) is 0 Å². The van der Waals surface area contributed by atoms with Gasteiger partial charge in [-0.05, 0) is 13.3 Å². The molecule has 2 heterocycles. The summed E-state index contributed by atoms with van der Waals surface area (Å²) in [5, 5.41) is 1.03. The fraction of sp³-hybridized carbons (Fsp3) is 0.846. The van der Waals surface area contributed by atoms with Crippen LogP contribution in [-0.4, -0.2) is 34.7 Å². The van der Waals surface area contributed by atoms with Crippen LogP contribution in [0.2, 0.25) is 0 Å². The number of rotatable bonds is 2. The Bertz CT molecular complexity index is 413. The molecule has 5 heteroatoms. The molecule has 1 aliphatic rings. The van der Waals surface area contributed by atoms with Crippen molar-refractivity contribution in [2.45, 2.75) is 52.1 Å². The summed E-state index contributed by atoms with van der Waals surface area (Å²) >= 11 is 1.50. The number of anilines is 1. The predicted molar refractivity (Wildman–Crippen MR) is 75.5 cm³/mol. The molecule has 1 aromatic rings. The molecule has 1 unspecified atom stereocenters.